The van der Waals surface area contributed by atoms with Gasteiger partial charge in [0.25, 0.3) is 0 Å². The number of carbonyl (C=O) groups excluding carboxylic acids is 2. The maximum absolute atomic E-state index is 12.5. The molecule has 7 heteroatoms. The minimum atomic E-state index is -0.680. The van der Waals surface area contributed by atoms with Crippen LogP contribution in [0.2, 0.25) is 0 Å². The van der Waals surface area contributed by atoms with Crippen LogP contribution in [0.4, 0.5) is 9.59 Å². The smallest absolute Gasteiger partial charge is 0.419 e. The lowest BCUT2D eigenvalue weighted by Gasteiger charge is -2.28. The van der Waals surface area contributed by atoms with Gasteiger partial charge in [0, 0.05) is 18.8 Å². The zero-order valence-corrected chi connectivity index (χ0v) is 19.3. The van der Waals surface area contributed by atoms with Gasteiger partial charge in [0.05, 0.1) is 5.69 Å². The number of hydrogen-bond acceptors (Lipinski definition) is 6. The number of nitrogens with one attached hydrogen (secondary N) is 1. The second-order valence-electron chi connectivity index (χ2n) is 9.77. The topological polar surface area (TPSA) is 80.8 Å². The van der Waals surface area contributed by atoms with Gasteiger partial charge in [-0.05, 0) is 91.8 Å². The molecular formula is C23H37N3O4. The Bertz CT molecular complexity index is 694. The molecule has 1 atom stereocenters. The highest BCUT2D eigenvalue weighted by Crippen LogP contribution is 2.27. The molecule has 1 N–H and O–H groups in total. The molecule has 30 heavy (non-hydrogen) atoms. The van der Waals surface area contributed by atoms with Crippen LogP contribution >= 0.6 is 0 Å². The third-order valence-electron chi connectivity index (χ3n) is 4.62. The van der Waals surface area contributed by atoms with E-state index in [9.17, 15) is 9.59 Å². The lowest BCUT2D eigenvalue weighted by molar-refractivity contribution is 0.00120. The largest absolute Gasteiger partial charge is 0.443 e. The van der Waals surface area contributed by atoms with Crippen LogP contribution in [0.15, 0.2) is 18.3 Å². The SMILES string of the molecule is CC(C)(C)OC(=O)N(CCCCNC1CCCc2cccnc21)C(=O)OC(C)(C)C. The van der Waals surface area contributed by atoms with Crippen molar-refractivity contribution in [2.24, 2.45) is 0 Å². The summed E-state index contributed by atoms with van der Waals surface area (Å²) in [6.07, 6.45) is 5.30. The summed E-state index contributed by atoms with van der Waals surface area (Å²) in [6, 6.07) is 4.40. The van der Waals surface area contributed by atoms with E-state index < -0.39 is 23.4 Å². The molecule has 1 heterocycles. The van der Waals surface area contributed by atoms with Crippen molar-refractivity contribution in [2.45, 2.75) is 90.9 Å². The summed E-state index contributed by atoms with van der Waals surface area (Å²) in [7, 11) is 0. The lowest BCUT2D eigenvalue weighted by atomic mass is 9.92. The fourth-order valence-corrected chi connectivity index (χ4v) is 3.37. The van der Waals surface area contributed by atoms with Crippen molar-refractivity contribution in [2.75, 3.05) is 13.1 Å². The number of unbranched alkanes of at least 4 members (excludes halogenated alkanes) is 1. The molecule has 0 bridgehead atoms. The van der Waals surface area contributed by atoms with Gasteiger partial charge < -0.3 is 14.8 Å². The molecule has 2 amide bonds. The van der Waals surface area contributed by atoms with Crippen LogP contribution in [0.3, 0.4) is 0 Å². The van der Waals surface area contributed by atoms with E-state index in [0.717, 1.165) is 42.8 Å². The Morgan fingerprint density at radius 2 is 1.73 bits per heavy atom. The Kier molecular flexibility index (Phi) is 8.24. The fourth-order valence-electron chi connectivity index (χ4n) is 3.37. The number of hydrogen-bond donors (Lipinski definition) is 1. The van der Waals surface area contributed by atoms with E-state index in [4.69, 9.17) is 9.47 Å². The molecule has 0 aliphatic heterocycles. The number of imide groups is 1. The van der Waals surface area contributed by atoms with E-state index in [0.29, 0.717) is 6.42 Å². The predicted molar refractivity (Wildman–Crippen MR) is 116 cm³/mol. The number of aryl methyl sites for hydroxylation is 1. The molecule has 0 radical (unpaired) electrons. The maximum Gasteiger partial charge on any atom is 0.419 e. The van der Waals surface area contributed by atoms with Crippen molar-refractivity contribution in [3.63, 3.8) is 0 Å². The first-order valence-corrected chi connectivity index (χ1v) is 10.9. The van der Waals surface area contributed by atoms with E-state index in [-0.39, 0.29) is 12.6 Å². The molecule has 2 rings (SSSR count). The third-order valence-corrected chi connectivity index (χ3v) is 4.62. The van der Waals surface area contributed by atoms with Gasteiger partial charge >= 0.3 is 12.2 Å². The molecule has 0 saturated carbocycles. The van der Waals surface area contributed by atoms with Gasteiger partial charge in [0.1, 0.15) is 11.2 Å². The van der Waals surface area contributed by atoms with Gasteiger partial charge in [0.15, 0.2) is 0 Å². The van der Waals surface area contributed by atoms with Crippen LogP contribution in [0, 0.1) is 0 Å². The number of aromatic nitrogens is 1. The highest BCUT2D eigenvalue weighted by atomic mass is 16.6. The summed E-state index contributed by atoms with van der Waals surface area (Å²) in [5.74, 6) is 0. The third kappa shape index (κ3) is 7.94. The van der Waals surface area contributed by atoms with Gasteiger partial charge in [-0.2, -0.15) is 0 Å². The number of fused-ring (bicyclic) bond motifs is 1. The number of nitrogens with zero attached hydrogens (tertiary/aromatic N) is 2. The summed E-state index contributed by atoms with van der Waals surface area (Å²) >= 11 is 0. The number of rotatable bonds is 6. The number of ether oxygens (including phenoxy) is 2. The highest BCUT2D eigenvalue weighted by Gasteiger charge is 2.30. The second-order valence-corrected chi connectivity index (χ2v) is 9.77. The van der Waals surface area contributed by atoms with Crippen LogP contribution in [-0.2, 0) is 15.9 Å². The molecule has 0 aromatic carbocycles. The van der Waals surface area contributed by atoms with E-state index in [2.05, 4.69) is 16.4 Å². The van der Waals surface area contributed by atoms with E-state index in [1.54, 1.807) is 41.5 Å². The van der Waals surface area contributed by atoms with Gasteiger partial charge in [-0.3, -0.25) is 4.98 Å². The number of amides is 2. The molecule has 1 aromatic rings. The molecule has 1 aliphatic carbocycles. The van der Waals surface area contributed by atoms with E-state index in [1.807, 2.05) is 12.3 Å². The monoisotopic (exact) mass is 419 g/mol. The van der Waals surface area contributed by atoms with Gasteiger partial charge in [0.2, 0.25) is 0 Å². The van der Waals surface area contributed by atoms with Crippen LogP contribution < -0.4 is 5.32 Å². The molecule has 0 spiro atoms. The zero-order valence-electron chi connectivity index (χ0n) is 19.3. The van der Waals surface area contributed by atoms with E-state index in [1.165, 1.54) is 5.56 Å². The molecular weight excluding hydrogens is 382 g/mol. The van der Waals surface area contributed by atoms with Crippen molar-refractivity contribution in [3.05, 3.63) is 29.6 Å². The first-order chi connectivity index (χ1) is 14.0. The van der Waals surface area contributed by atoms with Crippen LogP contribution in [-0.4, -0.2) is 46.4 Å². The Morgan fingerprint density at radius 1 is 1.10 bits per heavy atom. The summed E-state index contributed by atoms with van der Waals surface area (Å²) in [5.41, 5.74) is 1.11. The first kappa shape index (κ1) is 24.1. The maximum atomic E-state index is 12.5. The summed E-state index contributed by atoms with van der Waals surface area (Å²) in [5, 5.41) is 3.57. The summed E-state index contributed by atoms with van der Waals surface area (Å²) in [4.78, 5) is 30.6. The van der Waals surface area contributed by atoms with Gasteiger partial charge in [-0.15, -0.1) is 0 Å². The Hall–Kier alpha value is -2.15. The predicted octanol–water partition coefficient (Wildman–Crippen LogP) is 5.00. The van der Waals surface area contributed by atoms with Crippen molar-refractivity contribution >= 4 is 12.2 Å². The quantitative estimate of drug-likeness (QED) is 0.654. The average molecular weight is 420 g/mol. The minimum absolute atomic E-state index is 0.255. The highest BCUT2D eigenvalue weighted by molar-refractivity contribution is 5.88. The fraction of sp³-hybridized carbons (Fsp3) is 0.696. The standard InChI is InChI=1S/C23H37N3O4/c1-22(2,3)29-20(27)26(21(28)30-23(4,5)6)16-8-7-14-24-18-13-9-11-17-12-10-15-25-19(17)18/h10,12,15,18,24H,7-9,11,13-14,16H2,1-6H3. The van der Waals surface area contributed by atoms with Crippen molar-refractivity contribution in [1.29, 1.82) is 0 Å². The number of carbonyl (C=O) groups is 2. The van der Waals surface area contributed by atoms with Crippen LogP contribution in [0.5, 0.6) is 0 Å². The molecule has 1 aromatic heterocycles. The molecule has 7 nitrogen and oxygen atoms in total. The normalized spacial score (nSPS) is 16.5. The molecule has 1 aliphatic rings. The molecule has 0 saturated heterocycles. The molecule has 1 unspecified atom stereocenters. The Morgan fingerprint density at radius 3 is 2.33 bits per heavy atom. The second kappa shape index (κ2) is 10.2. The van der Waals surface area contributed by atoms with Gasteiger partial charge in [-0.25, -0.2) is 14.5 Å². The first-order valence-electron chi connectivity index (χ1n) is 10.9. The van der Waals surface area contributed by atoms with Crippen molar-refractivity contribution in [3.8, 4) is 0 Å². The minimum Gasteiger partial charge on any atom is -0.443 e. The average Bonchev–Trinajstić information content (AvgIpc) is 2.61. The summed E-state index contributed by atoms with van der Waals surface area (Å²) in [6.45, 7) is 11.7. The van der Waals surface area contributed by atoms with Crippen molar-refractivity contribution in [1.82, 2.24) is 15.2 Å². The lowest BCUT2D eigenvalue weighted by Crippen LogP contribution is -2.44. The Labute approximate surface area is 180 Å². The Balaban J connectivity index is 1.86. The van der Waals surface area contributed by atoms with Crippen LogP contribution in [0.1, 0.15) is 84.5 Å². The molecule has 0 fully saturated rings. The van der Waals surface area contributed by atoms with E-state index >= 15 is 0 Å². The van der Waals surface area contributed by atoms with Crippen LogP contribution in [0.25, 0.3) is 0 Å². The number of pyridine rings is 1. The van der Waals surface area contributed by atoms with Gasteiger partial charge in [-0.1, -0.05) is 6.07 Å². The summed E-state index contributed by atoms with van der Waals surface area (Å²) < 4.78 is 10.8. The zero-order chi connectivity index (χ0) is 22.4. The van der Waals surface area contributed by atoms with Crippen molar-refractivity contribution < 1.29 is 19.1 Å². The molecule has 168 valence electrons.